The van der Waals surface area contributed by atoms with Crippen LogP contribution < -0.4 is 10.1 Å². The molecule has 2 atom stereocenters. The molecule has 172 valence electrons. The summed E-state index contributed by atoms with van der Waals surface area (Å²) in [6, 6.07) is 16.9. The van der Waals surface area contributed by atoms with E-state index in [4.69, 9.17) is 9.47 Å². The Hall–Kier alpha value is -2.86. The lowest BCUT2D eigenvalue weighted by Gasteiger charge is -2.32. The number of nitrogens with zero attached hydrogens (tertiary/aromatic N) is 1. The van der Waals surface area contributed by atoms with Crippen molar-refractivity contribution in [3.8, 4) is 5.75 Å². The van der Waals surface area contributed by atoms with Gasteiger partial charge in [0.05, 0.1) is 13.2 Å². The molecule has 3 rings (SSSR count). The molecule has 1 heterocycles. The van der Waals surface area contributed by atoms with Gasteiger partial charge in [-0.05, 0) is 42.5 Å². The molecule has 0 saturated carbocycles. The molecule has 0 aliphatic carbocycles. The number of hydrogen-bond donors (Lipinski definition) is 1. The van der Waals surface area contributed by atoms with Gasteiger partial charge in [0.2, 0.25) is 11.8 Å². The molecule has 6 nitrogen and oxygen atoms in total. The molecule has 2 aromatic carbocycles. The molecule has 1 saturated heterocycles. The van der Waals surface area contributed by atoms with Gasteiger partial charge in [-0.15, -0.1) is 0 Å². The van der Waals surface area contributed by atoms with Crippen LogP contribution in [-0.4, -0.2) is 49.1 Å². The molecule has 0 aromatic heterocycles. The lowest BCUT2D eigenvalue weighted by molar-refractivity contribution is -0.141. The van der Waals surface area contributed by atoms with Gasteiger partial charge in [-0.25, -0.2) is 0 Å². The minimum absolute atomic E-state index is 0.0171. The number of methoxy groups -OCH3 is 1. The van der Waals surface area contributed by atoms with Crippen molar-refractivity contribution < 1.29 is 19.1 Å². The van der Waals surface area contributed by atoms with Gasteiger partial charge in [0.25, 0.3) is 0 Å². The molecule has 0 radical (unpaired) electrons. The summed E-state index contributed by atoms with van der Waals surface area (Å²) in [6.07, 6.45) is 3.62. The molecular weight excluding hydrogens is 404 g/mol. The number of rotatable bonds is 11. The lowest BCUT2D eigenvalue weighted by atomic mass is 10.0. The fourth-order valence-corrected chi connectivity index (χ4v) is 3.98. The zero-order valence-electron chi connectivity index (χ0n) is 19.1. The number of nitrogens with one attached hydrogen (secondary N) is 1. The Kier molecular flexibility index (Phi) is 9.11. The van der Waals surface area contributed by atoms with Gasteiger partial charge >= 0.3 is 0 Å². The third-order valence-corrected chi connectivity index (χ3v) is 5.77. The van der Waals surface area contributed by atoms with E-state index in [0.29, 0.717) is 25.9 Å². The van der Waals surface area contributed by atoms with Gasteiger partial charge in [-0.2, -0.15) is 0 Å². The monoisotopic (exact) mass is 438 g/mol. The van der Waals surface area contributed by atoms with Crippen molar-refractivity contribution in [3.63, 3.8) is 0 Å². The molecule has 6 heteroatoms. The van der Waals surface area contributed by atoms with E-state index in [-0.39, 0.29) is 17.9 Å². The smallest absolute Gasteiger partial charge is 0.243 e. The second-order valence-electron chi connectivity index (χ2n) is 8.21. The number of carbonyl (C=O) groups is 2. The van der Waals surface area contributed by atoms with Gasteiger partial charge in [0.1, 0.15) is 11.8 Å². The van der Waals surface area contributed by atoms with Crippen LogP contribution in [0.2, 0.25) is 0 Å². The Labute approximate surface area is 190 Å². The number of benzene rings is 2. The van der Waals surface area contributed by atoms with Crippen LogP contribution in [-0.2, 0) is 27.3 Å². The Balaban J connectivity index is 1.83. The summed E-state index contributed by atoms with van der Waals surface area (Å²) >= 11 is 0. The van der Waals surface area contributed by atoms with E-state index in [0.717, 1.165) is 42.7 Å². The maximum atomic E-state index is 13.4. The summed E-state index contributed by atoms with van der Waals surface area (Å²) in [4.78, 5) is 28.3. The minimum atomic E-state index is -0.597. The summed E-state index contributed by atoms with van der Waals surface area (Å²) in [6.45, 7) is 3.57. The molecule has 0 bridgehead atoms. The molecule has 32 heavy (non-hydrogen) atoms. The second kappa shape index (κ2) is 12.2. The first-order chi connectivity index (χ1) is 15.6. The standard InChI is InChI=1S/C26H34N2O4/c1-3-8-25(29)28(19-21-12-14-22(31-2)15-13-21)24(17-20-9-5-4-6-10-20)26(30)27-18-23-11-7-16-32-23/h4-6,9-10,12-15,23-24H,3,7-8,11,16-19H2,1-2H3,(H,27,30). The van der Waals surface area contributed by atoms with E-state index in [1.54, 1.807) is 12.0 Å². The Morgan fingerprint density at radius 2 is 1.88 bits per heavy atom. The van der Waals surface area contributed by atoms with E-state index < -0.39 is 6.04 Å². The van der Waals surface area contributed by atoms with Crippen molar-refractivity contribution in [1.82, 2.24) is 10.2 Å². The van der Waals surface area contributed by atoms with Crippen LogP contribution in [0.3, 0.4) is 0 Å². The van der Waals surface area contributed by atoms with Crippen molar-refractivity contribution in [2.45, 2.75) is 57.7 Å². The maximum absolute atomic E-state index is 13.4. The van der Waals surface area contributed by atoms with Crippen molar-refractivity contribution in [2.24, 2.45) is 0 Å². The molecule has 1 fully saturated rings. The number of hydrogen-bond acceptors (Lipinski definition) is 4. The zero-order valence-corrected chi connectivity index (χ0v) is 19.1. The van der Waals surface area contributed by atoms with Gasteiger partial charge in [-0.3, -0.25) is 9.59 Å². The summed E-state index contributed by atoms with van der Waals surface area (Å²) < 4.78 is 10.9. The summed E-state index contributed by atoms with van der Waals surface area (Å²) in [5.74, 6) is 0.606. The van der Waals surface area contributed by atoms with E-state index >= 15 is 0 Å². The molecular formula is C26H34N2O4. The van der Waals surface area contributed by atoms with Gasteiger partial charge in [-0.1, -0.05) is 49.4 Å². The normalized spacial score (nSPS) is 16.4. The number of ether oxygens (including phenoxy) is 2. The summed E-state index contributed by atoms with van der Waals surface area (Å²) in [5.41, 5.74) is 1.98. The highest BCUT2D eigenvalue weighted by Gasteiger charge is 2.30. The average Bonchev–Trinajstić information content (AvgIpc) is 3.35. The second-order valence-corrected chi connectivity index (χ2v) is 8.21. The fourth-order valence-electron chi connectivity index (χ4n) is 3.98. The molecule has 2 aromatic rings. The Morgan fingerprint density at radius 3 is 2.50 bits per heavy atom. The number of carbonyl (C=O) groups excluding carboxylic acids is 2. The molecule has 1 aliphatic rings. The summed E-state index contributed by atoms with van der Waals surface area (Å²) in [5, 5.41) is 3.05. The molecule has 0 spiro atoms. The molecule has 2 unspecified atom stereocenters. The van der Waals surface area contributed by atoms with Crippen LogP contribution in [0.5, 0.6) is 5.75 Å². The lowest BCUT2D eigenvalue weighted by Crippen LogP contribution is -2.51. The topological polar surface area (TPSA) is 67.9 Å². The Morgan fingerprint density at radius 1 is 1.12 bits per heavy atom. The highest BCUT2D eigenvalue weighted by atomic mass is 16.5. The minimum Gasteiger partial charge on any atom is -0.497 e. The highest BCUT2D eigenvalue weighted by molar-refractivity contribution is 5.88. The predicted molar refractivity (Wildman–Crippen MR) is 124 cm³/mol. The van der Waals surface area contributed by atoms with E-state index in [1.807, 2.05) is 61.5 Å². The Bertz CT molecular complexity index is 848. The van der Waals surface area contributed by atoms with Gasteiger partial charge in [0, 0.05) is 32.5 Å². The van der Waals surface area contributed by atoms with Crippen LogP contribution in [0.25, 0.3) is 0 Å². The third-order valence-electron chi connectivity index (χ3n) is 5.77. The predicted octanol–water partition coefficient (Wildman–Crippen LogP) is 3.73. The SMILES string of the molecule is CCCC(=O)N(Cc1ccc(OC)cc1)C(Cc1ccccc1)C(=O)NCC1CCCO1. The van der Waals surface area contributed by atoms with Crippen molar-refractivity contribution >= 4 is 11.8 Å². The van der Waals surface area contributed by atoms with Crippen molar-refractivity contribution in [1.29, 1.82) is 0 Å². The maximum Gasteiger partial charge on any atom is 0.243 e. The first-order valence-corrected chi connectivity index (χ1v) is 11.5. The van der Waals surface area contributed by atoms with Crippen LogP contribution in [0.1, 0.15) is 43.7 Å². The van der Waals surface area contributed by atoms with Crippen molar-refractivity contribution in [3.05, 3.63) is 65.7 Å². The van der Waals surface area contributed by atoms with Crippen LogP contribution in [0, 0.1) is 0 Å². The van der Waals surface area contributed by atoms with Gasteiger partial charge in [0.15, 0.2) is 0 Å². The molecule has 2 amide bonds. The number of amides is 2. The third kappa shape index (κ3) is 6.82. The first kappa shape index (κ1) is 23.8. The first-order valence-electron chi connectivity index (χ1n) is 11.5. The fraction of sp³-hybridized carbons (Fsp3) is 0.462. The van der Waals surface area contributed by atoms with Gasteiger partial charge < -0.3 is 19.7 Å². The molecule has 1 N–H and O–H groups in total. The van der Waals surface area contributed by atoms with E-state index in [2.05, 4.69) is 5.32 Å². The zero-order chi connectivity index (χ0) is 22.8. The largest absolute Gasteiger partial charge is 0.497 e. The van der Waals surface area contributed by atoms with Crippen LogP contribution in [0.4, 0.5) is 0 Å². The van der Waals surface area contributed by atoms with Crippen LogP contribution >= 0.6 is 0 Å². The molecule has 1 aliphatic heterocycles. The van der Waals surface area contributed by atoms with Crippen LogP contribution in [0.15, 0.2) is 54.6 Å². The van der Waals surface area contributed by atoms with E-state index in [9.17, 15) is 9.59 Å². The summed E-state index contributed by atoms with van der Waals surface area (Å²) in [7, 11) is 1.63. The van der Waals surface area contributed by atoms with E-state index in [1.165, 1.54) is 0 Å². The van der Waals surface area contributed by atoms with Crippen molar-refractivity contribution in [2.75, 3.05) is 20.3 Å². The highest BCUT2D eigenvalue weighted by Crippen LogP contribution is 2.19. The quantitative estimate of drug-likeness (QED) is 0.581. The average molecular weight is 439 g/mol.